The predicted octanol–water partition coefficient (Wildman–Crippen LogP) is 4.58. The van der Waals surface area contributed by atoms with E-state index in [1.54, 1.807) is 21.3 Å². The molecule has 1 aliphatic heterocycles. The van der Waals surface area contributed by atoms with Crippen LogP contribution in [0.4, 0.5) is 0 Å². The maximum atomic E-state index is 13.5. The number of benzene rings is 2. The molecule has 2 aliphatic rings. The van der Waals surface area contributed by atoms with Gasteiger partial charge in [-0.05, 0) is 48.1 Å². The van der Waals surface area contributed by atoms with Crippen LogP contribution in [-0.4, -0.2) is 69.8 Å². The smallest absolute Gasteiger partial charge is 0.225 e. The van der Waals surface area contributed by atoms with E-state index in [0.717, 1.165) is 63.4 Å². The highest BCUT2D eigenvalue weighted by Crippen LogP contribution is 2.39. The van der Waals surface area contributed by atoms with Gasteiger partial charge in [-0.2, -0.15) is 0 Å². The van der Waals surface area contributed by atoms with Crippen LogP contribution < -0.4 is 9.47 Å². The van der Waals surface area contributed by atoms with Crippen LogP contribution in [0, 0.1) is 11.8 Å². The summed E-state index contributed by atoms with van der Waals surface area (Å²) in [6.07, 6.45) is 4.36. The molecule has 0 bridgehead atoms. The van der Waals surface area contributed by atoms with Crippen LogP contribution in [0.3, 0.4) is 0 Å². The van der Waals surface area contributed by atoms with Crippen molar-refractivity contribution in [1.82, 2.24) is 9.80 Å². The second kappa shape index (κ2) is 12.4. The van der Waals surface area contributed by atoms with E-state index >= 15 is 0 Å². The minimum absolute atomic E-state index is 0.172. The van der Waals surface area contributed by atoms with Gasteiger partial charge in [0.15, 0.2) is 0 Å². The number of hydrogen-bond acceptors (Lipinski definition) is 5. The first kappa shape index (κ1) is 25.5. The summed E-state index contributed by atoms with van der Waals surface area (Å²) in [5.41, 5.74) is 2.47. The number of carbonyl (C=O) groups excluding carboxylic acids is 1. The van der Waals surface area contributed by atoms with Crippen molar-refractivity contribution >= 4 is 5.91 Å². The highest BCUT2D eigenvalue weighted by atomic mass is 16.5. The van der Waals surface area contributed by atoms with Crippen LogP contribution in [0.25, 0.3) is 0 Å². The molecule has 6 nitrogen and oxygen atoms in total. The normalized spacial score (nSPS) is 20.8. The second-order valence-corrected chi connectivity index (χ2v) is 9.91. The summed E-state index contributed by atoms with van der Waals surface area (Å²) in [4.78, 5) is 18.1. The molecule has 6 heteroatoms. The van der Waals surface area contributed by atoms with Gasteiger partial charge in [-0.3, -0.25) is 9.69 Å². The Morgan fingerprint density at radius 3 is 2.54 bits per heavy atom. The maximum absolute atomic E-state index is 13.5. The predicted molar refractivity (Wildman–Crippen MR) is 138 cm³/mol. The first-order valence-corrected chi connectivity index (χ1v) is 12.9. The lowest BCUT2D eigenvalue weighted by atomic mass is 9.87. The summed E-state index contributed by atoms with van der Waals surface area (Å²) in [6.45, 7) is 4.68. The second-order valence-electron chi connectivity index (χ2n) is 9.91. The molecule has 1 aliphatic carbocycles. The fourth-order valence-corrected chi connectivity index (χ4v) is 5.84. The summed E-state index contributed by atoms with van der Waals surface area (Å²) in [7, 11) is 5.16. The molecular formula is C29H40N2O4. The summed E-state index contributed by atoms with van der Waals surface area (Å²) < 4.78 is 16.6. The van der Waals surface area contributed by atoms with Gasteiger partial charge in [0, 0.05) is 51.7 Å². The molecule has 0 N–H and O–H groups in total. The van der Waals surface area contributed by atoms with Crippen molar-refractivity contribution in [2.45, 2.75) is 38.1 Å². The van der Waals surface area contributed by atoms with Gasteiger partial charge in [-0.25, -0.2) is 0 Å². The van der Waals surface area contributed by atoms with Gasteiger partial charge in [-0.1, -0.05) is 43.2 Å². The van der Waals surface area contributed by atoms with Crippen LogP contribution in [0.2, 0.25) is 0 Å². The van der Waals surface area contributed by atoms with Crippen molar-refractivity contribution in [3.05, 3.63) is 59.7 Å². The van der Waals surface area contributed by atoms with Gasteiger partial charge in [-0.15, -0.1) is 0 Å². The van der Waals surface area contributed by atoms with Crippen LogP contribution >= 0.6 is 0 Å². The van der Waals surface area contributed by atoms with Gasteiger partial charge < -0.3 is 19.1 Å². The van der Waals surface area contributed by atoms with Gasteiger partial charge in [0.05, 0.1) is 20.8 Å². The van der Waals surface area contributed by atoms with Crippen molar-refractivity contribution in [3.63, 3.8) is 0 Å². The molecule has 190 valence electrons. The van der Waals surface area contributed by atoms with Crippen molar-refractivity contribution in [2.24, 2.45) is 11.8 Å². The lowest BCUT2D eigenvalue weighted by Crippen LogP contribution is -2.42. The van der Waals surface area contributed by atoms with Crippen LogP contribution in [-0.2, 0) is 16.1 Å². The SMILES string of the molecule is COCCN(CC1CN(Cc2cccc(OC)c2)CC1c1ccccc1OC)C(=O)C1CCCC1. The third-order valence-electron chi connectivity index (χ3n) is 7.63. The average molecular weight is 481 g/mol. The number of amides is 1. The van der Waals surface area contributed by atoms with E-state index < -0.39 is 0 Å². The number of hydrogen-bond donors (Lipinski definition) is 0. The molecule has 0 aromatic heterocycles. The van der Waals surface area contributed by atoms with Crippen molar-refractivity contribution < 1.29 is 19.0 Å². The molecule has 2 unspecified atom stereocenters. The molecule has 4 rings (SSSR count). The molecule has 1 heterocycles. The molecule has 0 spiro atoms. The van der Waals surface area contributed by atoms with E-state index in [1.165, 1.54) is 11.1 Å². The van der Waals surface area contributed by atoms with Crippen molar-refractivity contribution in [3.8, 4) is 11.5 Å². The van der Waals surface area contributed by atoms with Crippen LogP contribution in [0.15, 0.2) is 48.5 Å². The Labute approximate surface area is 210 Å². The zero-order chi connectivity index (χ0) is 24.6. The number of methoxy groups -OCH3 is 3. The van der Waals surface area contributed by atoms with E-state index in [9.17, 15) is 4.79 Å². The van der Waals surface area contributed by atoms with Gasteiger partial charge in [0.1, 0.15) is 11.5 Å². The zero-order valence-electron chi connectivity index (χ0n) is 21.4. The standard InChI is InChI=1S/C29H40N2O4/c1-33-16-15-31(29(32)23-10-4-5-11-23)20-24-19-30(18-22-9-8-12-25(17-22)34-2)21-27(24)26-13-6-7-14-28(26)35-3/h6-9,12-14,17,23-24,27H,4-5,10-11,15-16,18-21H2,1-3H3. The quantitative estimate of drug-likeness (QED) is 0.471. The fourth-order valence-electron chi connectivity index (χ4n) is 5.84. The minimum Gasteiger partial charge on any atom is -0.497 e. The minimum atomic E-state index is 0.172. The number of rotatable bonds is 11. The van der Waals surface area contributed by atoms with E-state index in [4.69, 9.17) is 14.2 Å². The van der Waals surface area contributed by atoms with Crippen LogP contribution in [0.5, 0.6) is 11.5 Å². The number of nitrogens with zero attached hydrogens (tertiary/aromatic N) is 2. The third-order valence-corrected chi connectivity index (χ3v) is 7.63. The number of ether oxygens (including phenoxy) is 3. The van der Waals surface area contributed by atoms with Gasteiger partial charge >= 0.3 is 0 Å². The Morgan fingerprint density at radius 1 is 1.00 bits per heavy atom. The average Bonchev–Trinajstić information content (AvgIpc) is 3.56. The molecule has 1 amide bonds. The zero-order valence-corrected chi connectivity index (χ0v) is 21.4. The largest absolute Gasteiger partial charge is 0.497 e. The molecule has 35 heavy (non-hydrogen) atoms. The lowest BCUT2D eigenvalue weighted by molar-refractivity contribution is -0.136. The van der Waals surface area contributed by atoms with E-state index in [2.05, 4.69) is 34.1 Å². The Morgan fingerprint density at radius 2 is 1.80 bits per heavy atom. The fraction of sp³-hybridized carbons (Fsp3) is 0.552. The number of carbonyl (C=O) groups is 1. The Balaban J connectivity index is 1.56. The lowest BCUT2D eigenvalue weighted by Gasteiger charge is -2.30. The van der Waals surface area contributed by atoms with Crippen molar-refractivity contribution in [2.75, 3.05) is 54.1 Å². The van der Waals surface area contributed by atoms with Gasteiger partial charge in [0.25, 0.3) is 0 Å². The molecule has 2 fully saturated rings. The molecular weight excluding hydrogens is 440 g/mol. The highest BCUT2D eigenvalue weighted by molar-refractivity contribution is 5.79. The van der Waals surface area contributed by atoms with E-state index in [1.807, 2.05) is 24.3 Å². The monoisotopic (exact) mass is 480 g/mol. The topological polar surface area (TPSA) is 51.2 Å². The summed E-state index contributed by atoms with van der Waals surface area (Å²) >= 11 is 0. The Hall–Kier alpha value is -2.57. The molecule has 2 aromatic rings. The molecule has 0 radical (unpaired) electrons. The molecule has 2 aromatic carbocycles. The molecule has 1 saturated carbocycles. The summed E-state index contributed by atoms with van der Waals surface area (Å²) in [6, 6.07) is 16.6. The first-order valence-electron chi connectivity index (χ1n) is 12.9. The Kier molecular flexibility index (Phi) is 9.05. The number of likely N-dealkylation sites (tertiary alicyclic amines) is 1. The maximum Gasteiger partial charge on any atom is 0.225 e. The molecule has 1 saturated heterocycles. The Bertz CT molecular complexity index is 959. The first-order chi connectivity index (χ1) is 17.1. The summed E-state index contributed by atoms with van der Waals surface area (Å²) in [5.74, 6) is 2.90. The van der Waals surface area contributed by atoms with E-state index in [-0.39, 0.29) is 11.8 Å². The summed E-state index contributed by atoms with van der Waals surface area (Å²) in [5, 5.41) is 0. The van der Waals surface area contributed by atoms with E-state index in [0.29, 0.717) is 25.0 Å². The van der Waals surface area contributed by atoms with Crippen LogP contribution in [0.1, 0.15) is 42.7 Å². The number of para-hydroxylation sites is 1. The molecule has 2 atom stereocenters. The highest BCUT2D eigenvalue weighted by Gasteiger charge is 2.38. The third kappa shape index (κ3) is 6.36. The van der Waals surface area contributed by atoms with Gasteiger partial charge in [0.2, 0.25) is 5.91 Å². The van der Waals surface area contributed by atoms with Crippen molar-refractivity contribution in [1.29, 1.82) is 0 Å².